The van der Waals surface area contributed by atoms with Crippen molar-refractivity contribution in [1.82, 2.24) is 5.43 Å². The quantitative estimate of drug-likeness (QED) is 0.507. The third-order valence-corrected chi connectivity index (χ3v) is 0.914. The van der Waals surface area contributed by atoms with Gasteiger partial charge in [0, 0.05) is 6.54 Å². The fraction of sp³-hybridized carbons (Fsp3) is 0.400. The molecule has 9 heavy (non-hydrogen) atoms. The number of nitrogens with one attached hydrogen (secondary N) is 1. The van der Waals surface area contributed by atoms with Gasteiger partial charge in [0.2, 0.25) is 0 Å². The van der Waals surface area contributed by atoms with E-state index in [0.29, 0.717) is 12.3 Å². The van der Waals surface area contributed by atoms with E-state index in [-0.39, 0.29) is 5.91 Å². The van der Waals surface area contributed by atoms with Crippen LogP contribution < -0.4 is 5.43 Å². The van der Waals surface area contributed by atoms with Crippen molar-refractivity contribution in [2.24, 2.45) is 10.1 Å². The normalized spacial score (nSPS) is 21.0. The van der Waals surface area contributed by atoms with Crippen molar-refractivity contribution in [3.63, 3.8) is 0 Å². The minimum atomic E-state index is -0.211. The Balaban J connectivity index is 2.70. The molecule has 1 rings (SSSR count). The first kappa shape index (κ1) is 5.94. The van der Waals surface area contributed by atoms with Gasteiger partial charge in [-0.1, -0.05) is 0 Å². The van der Waals surface area contributed by atoms with Crippen LogP contribution in [0, 0.1) is 0 Å². The van der Waals surface area contributed by atoms with Crippen LogP contribution in [0.1, 0.15) is 6.92 Å². The first-order valence-electron chi connectivity index (χ1n) is 2.72. The number of hydrogen-bond donors (Lipinski definition) is 1. The Morgan fingerprint density at radius 2 is 2.67 bits per heavy atom. The largest absolute Gasteiger partial charge is 0.291 e. The zero-order valence-corrected chi connectivity index (χ0v) is 5.09. The molecule has 0 bridgehead atoms. The maximum atomic E-state index is 10.6. The molecule has 0 unspecified atom stereocenters. The highest BCUT2D eigenvalue weighted by Gasteiger charge is 2.11. The van der Waals surface area contributed by atoms with Crippen LogP contribution >= 0.6 is 0 Å². The summed E-state index contributed by atoms with van der Waals surface area (Å²) in [7, 11) is 0. The molecule has 1 heterocycles. The number of hydrazone groups is 1. The Bertz CT molecular complexity index is 183. The van der Waals surface area contributed by atoms with Crippen molar-refractivity contribution in [1.29, 1.82) is 0 Å². The number of carbonyl (C=O) groups is 1. The highest BCUT2D eigenvalue weighted by molar-refractivity contribution is 6.62. The Labute approximate surface area is 52.7 Å². The van der Waals surface area contributed by atoms with Gasteiger partial charge in [0.1, 0.15) is 5.71 Å². The molecule has 0 aromatic rings. The number of aliphatic imine (C=N–C) groups is 1. The first-order chi connectivity index (χ1) is 4.34. The van der Waals surface area contributed by atoms with Crippen molar-refractivity contribution >= 4 is 17.8 Å². The second-order valence-electron chi connectivity index (χ2n) is 1.56. The molecule has 4 heteroatoms. The highest BCUT2D eigenvalue weighted by Crippen LogP contribution is 1.83. The summed E-state index contributed by atoms with van der Waals surface area (Å²) < 4.78 is 0. The minimum Gasteiger partial charge on any atom is -0.278 e. The molecular formula is C5H7N3O. The standard InChI is InChI=1S/C5H7N3O/c1-2-6-4-3-7-8-5(4)9/h3H,2H2,1H3,(H,6,8,9). The fourth-order valence-electron chi connectivity index (χ4n) is 0.551. The third-order valence-electron chi connectivity index (χ3n) is 0.914. The molecule has 0 radical (unpaired) electrons. The second-order valence-corrected chi connectivity index (χ2v) is 1.56. The molecule has 0 fully saturated rings. The maximum Gasteiger partial charge on any atom is 0.291 e. The van der Waals surface area contributed by atoms with Gasteiger partial charge in [-0.2, -0.15) is 5.10 Å². The fourth-order valence-corrected chi connectivity index (χ4v) is 0.551. The highest BCUT2D eigenvalue weighted by atomic mass is 16.2. The lowest BCUT2D eigenvalue weighted by Crippen LogP contribution is -2.19. The predicted molar refractivity (Wildman–Crippen MR) is 34.6 cm³/mol. The average molecular weight is 125 g/mol. The van der Waals surface area contributed by atoms with Crippen LogP contribution in [0.3, 0.4) is 0 Å². The molecule has 0 aliphatic carbocycles. The summed E-state index contributed by atoms with van der Waals surface area (Å²) in [6, 6.07) is 0. The van der Waals surface area contributed by atoms with Gasteiger partial charge in [-0.3, -0.25) is 9.79 Å². The van der Waals surface area contributed by atoms with E-state index in [1.807, 2.05) is 6.92 Å². The monoisotopic (exact) mass is 125 g/mol. The number of amides is 1. The van der Waals surface area contributed by atoms with Crippen molar-refractivity contribution in [3.8, 4) is 0 Å². The molecule has 0 saturated heterocycles. The average Bonchev–Trinajstić information content (AvgIpc) is 2.18. The third kappa shape index (κ3) is 1.13. The van der Waals surface area contributed by atoms with Crippen LogP contribution in [0.15, 0.2) is 10.1 Å². The second kappa shape index (κ2) is 2.39. The van der Waals surface area contributed by atoms with Gasteiger partial charge < -0.3 is 0 Å². The SMILES string of the molecule is CCN=C1C=NNC1=O. The lowest BCUT2D eigenvalue weighted by molar-refractivity contribution is -0.114. The molecule has 0 aromatic carbocycles. The smallest absolute Gasteiger partial charge is 0.278 e. The number of carbonyl (C=O) groups excluding carboxylic acids is 1. The Kier molecular flexibility index (Phi) is 1.58. The van der Waals surface area contributed by atoms with Crippen LogP contribution in [-0.4, -0.2) is 24.4 Å². The topological polar surface area (TPSA) is 53.8 Å². The van der Waals surface area contributed by atoms with Crippen LogP contribution in [-0.2, 0) is 4.79 Å². The van der Waals surface area contributed by atoms with Crippen LogP contribution in [0.5, 0.6) is 0 Å². The van der Waals surface area contributed by atoms with Crippen LogP contribution in [0.2, 0.25) is 0 Å². The zero-order chi connectivity index (χ0) is 6.69. The van der Waals surface area contributed by atoms with Crippen LogP contribution in [0.25, 0.3) is 0 Å². The number of rotatable bonds is 1. The summed E-state index contributed by atoms with van der Waals surface area (Å²) in [5.41, 5.74) is 2.67. The van der Waals surface area contributed by atoms with Gasteiger partial charge in [-0.15, -0.1) is 0 Å². The summed E-state index contributed by atoms with van der Waals surface area (Å²) in [5.74, 6) is -0.211. The molecule has 1 amide bonds. The van der Waals surface area contributed by atoms with Crippen molar-refractivity contribution in [2.45, 2.75) is 6.92 Å². The Morgan fingerprint density at radius 3 is 3.11 bits per heavy atom. The molecule has 0 spiro atoms. The molecular weight excluding hydrogens is 118 g/mol. The van der Waals surface area contributed by atoms with E-state index >= 15 is 0 Å². The van der Waals surface area contributed by atoms with E-state index in [1.54, 1.807) is 0 Å². The Morgan fingerprint density at radius 1 is 1.89 bits per heavy atom. The van der Waals surface area contributed by atoms with Crippen LogP contribution in [0.4, 0.5) is 0 Å². The summed E-state index contributed by atoms with van der Waals surface area (Å²) in [5, 5.41) is 3.51. The molecule has 1 aliphatic rings. The Hall–Kier alpha value is -1.19. The van der Waals surface area contributed by atoms with Gasteiger partial charge in [0.25, 0.3) is 5.91 Å². The molecule has 48 valence electrons. The zero-order valence-electron chi connectivity index (χ0n) is 5.09. The van der Waals surface area contributed by atoms with E-state index in [0.717, 1.165) is 0 Å². The summed E-state index contributed by atoms with van der Waals surface area (Å²) in [4.78, 5) is 14.5. The minimum absolute atomic E-state index is 0.211. The van der Waals surface area contributed by atoms with Crippen molar-refractivity contribution < 1.29 is 4.79 Å². The summed E-state index contributed by atoms with van der Waals surface area (Å²) in [6.07, 6.45) is 1.42. The van der Waals surface area contributed by atoms with E-state index in [4.69, 9.17) is 0 Å². The lowest BCUT2D eigenvalue weighted by Gasteiger charge is -1.85. The predicted octanol–water partition coefficient (Wildman–Crippen LogP) is -0.437. The van der Waals surface area contributed by atoms with Gasteiger partial charge >= 0.3 is 0 Å². The molecule has 0 saturated carbocycles. The molecule has 0 atom stereocenters. The van der Waals surface area contributed by atoms with Gasteiger partial charge in [-0.25, -0.2) is 5.43 Å². The number of nitrogens with zero attached hydrogens (tertiary/aromatic N) is 2. The summed E-state index contributed by atoms with van der Waals surface area (Å²) >= 11 is 0. The van der Waals surface area contributed by atoms with E-state index in [9.17, 15) is 4.79 Å². The first-order valence-corrected chi connectivity index (χ1v) is 2.72. The van der Waals surface area contributed by atoms with Crippen molar-refractivity contribution in [3.05, 3.63) is 0 Å². The molecule has 0 aromatic heterocycles. The molecule has 1 N–H and O–H groups in total. The number of hydrogen-bond acceptors (Lipinski definition) is 3. The lowest BCUT2D eigenvalue weighted by atomic mass is 10.4. The van der Waals surface area contributed by atoms with E-state index in [1.165, 1.54) is 6.21 Å². The maximum absolute atomic E-state index is 10.6. The van der Waals surface area contributed by atoms with Gasteiger partial charge in [-0.05, 0) is 6.92 Å². The van der Waals surface area contributed by atoms with E-state index < -0.39 is 0 Å². The summed E-state index contributed by atoms with van der Waals surface area (Å²) in [6.45, 7) is 2.49. The van der Waals surface area contributed by atoms with E-state index in [2.05, 4.69) is 15.5 Å². The van der Waals surface area contributed by atoms with Crippen molar-refractivity contribution in [2.75, 3.05) is 6.54 Å². The molecule has 4 nitrogen and oxygen atoms in total. The van der Waals surface area contributed by atoms with Gasteiger partial charge in [0.05, 0.1) is 6.21 Å². The molecule has 1 aliphatic heterocycles. The van der Waals surface area contributed by atoms with Gasteiger partial charge in [0.15, 0.2) is 0 Å².